The van der Waals surface area contributed by atoms with Crippen LogP contribution in [0.2, 0.25) is 0 Å². The predicted octanol–water partition coefficient (Wildman–Crippen LogP) is 2.52. The number of benzene rings is 1. The molecule has 7 nitrogen and oxygen atoms in total. The van der Waals surface area contributed by atoms with E-state index in [4.69, 9.17) is 4.74 Å². The van der Waals surface area contributed by atoms with Crippen LogP contribution in [-0.2, 0) is 19.6 Å². The predicted molar refractivity (Wildman–Crippen MR) is 104 cm³/mol. The van der Waals surface area contributed by atoms with E-state index in [1.807, 2.05) is 27.7 Å². The molecule has 0 aliphatic carbocycles. The van der Waals surface area contributed by atoms with Crippen molar-refractivity contribution in [1.82, 2.24) is 9.21 Å². The maximum atomic E-state index is 12.5. The Labute approximate surface area is 162 Å². The standard InChI is InChI=1S/C19H30N2O5S/c1-7-14(3)21(15(4)8-2)18(22)13-26-19(23)16-9-11-17(12-10-16)27(24,25)20(5)6/h9-12,14-15H,7-8,13H2,1-6H3/t14-,15+. The summed E-state index contributed by atoms with van der Waals surface area (Å²) in [4.78, 5) is 26.5. The van der Waals surface area contributed by atoms with Gasteiger partial charge in [-0.25, -0.2) is 17.5 Å². The minimum absolute atomic E-state index is 0.0571. The summed E-state index contributed by atoms with van der Waals surface area (Å²) in [6, 6.07) is 5.56. The zero-order chi connectivity index (χ0) is 20.8. The van der Waals surface area contributed by atoms with E-state index in [1.54, 1.807) is 4.90 Å². The number of esters is 1. The molecule has 0 bridgehead atoms. The molecule has 1 aromatic rings. The summed E-state index contributed by atoms with van der Waals surface area (Å²) in [6.45, 7) is 7.60. The van der Waals surface area contributed by atoms with Crippen LogP contribution in [0.5, 0.6) is 0 Å². The van der Waals surface area contributed by atoms with Gasteiger partial charge in [0.25, 0.3) is 5.91 Å². The first-order valence-electron chi connectivity index (χ1n) is 9.07. The van der Waals surface area contributed by atoms with Gasteiger partial charge in [0.05, 0.1) is 10.5 Å². The van der Waals surface area contributed by atoms with Gasteiger partial charge in [0.1, 0.15) is 0 Å². The van der Waals surface area contributed by atoms with E-state index in [0.717, 1.165) is 17.1 Å². The number of amides is 1. The molecule has 0 aliphatic rings. The van der Waals surface area contributed by atoms with Gasteiger partial charge in [-0.3, -0.25) is 4.79 Å². The van der Waals surface area contributed by atoms with E-state index in [-0.39, 0.29) is 35.1 Å². The highest BCUT2D eigenvalue weighted by molar-refractivity contribution is 7.89. The summed E-state index contributed by atoms with van der Waals surface area (Å²) in [5.74, 6) is -0.899. The van der Waals surface area contributed by atoms with Crippen LogP contribution < -0.4 is 0 Å². The Morgan fingerprint density at radius 3 is 1.89 bits per heavy atom. The lowest BCUT2D eigenvalue weighted by Crippen LogP contribution is -2.46. The van der Waals surface area contributed by atoms with Crippen molar-refractivity contribution < 1.29 is 22.7 Å². The molecule has 0 heterocycles. The Hall–Kier alpha value is -1.93. The summed E-state index contributed by atoms with van der Waals surface area (Å²) in [5, 5.41) is 0. The first-order chi connectivity index (χ1) is 12.6. The molecule has 0 aliphatic heterocycles. The van der Waals surface area contributed by atoms with Gasteiger partial charge in [0.2, 0.25) is 10.0 Å². The van der Waals surface area contributed by atoms with Crippen LogP contribution in [0, 0.1) is 0 Å². The molecule has 8 heteroatoms. The summed E-state index contributed by atoms with van der Waals surface area (Å²) in [6.07, 6.45) is 1.62. The fraction of sp³-hybridized carbons (Fsp3) is 0.579. The lowest BCUT2D eigenvalue weighted by Gasteiger charge is -2.33. The Bertz CT molecular complexity index is 734. The monoisotopic (exact) mass is 398 g/mol. The average molecular weight is 399 g/mol. The first kappa shape index (κ1) is 23.1. The van der Waals surface area contributed by atoms with E-state index in [9.17, 15) is 18.0 Å². The van der Waals surface area contributed by atoms with E-state index in [0.29, 0.717) is 0 Å². The maximum Gasteiger partial charge on any atom is 0.338 e. The Balaban J connectivity index is 2.80. The van der Waals surface area contributed by atoms with Gasteiger partial charge in [-0.1, -0.05) is 13.8 Å². The number of rotatable bonds is 9. The molecule has 0 aromatic heterocycles. The molecular weight excluding hydrogens is 368 g/mol. The molecule has 0 N–H and O–H groups in total. The van der Waals surface area contributed by atoms with Gasteiger partial charge in [0.15, 0.2) is 6.61 Å². The van der Waals surface area contributed by atoms with Crippen molar-refractivity contribution in [2.75, 3.05) is 20.7 Å². The first-order valence-corrected chi connectivity index (χ1v) is 10.5. The maximum absolute atomic E-state index is 12.5. The molecule has 0 spiro atoms. The van der Waals surface area contributed by atoms with E-state index >= 15 is 0 Å². The van der Waals surface area contributed by atoms with Crippen molar-refractivity contribution in [2.45, 2.75) is 57.5 Å². The Morgan fingerprint density at radius 2 is 1.48 bits per heavy atom. The molecule has 1 amide bonds. The van der Waals surface area contributed by atoms with Gasteiger partial charge in [-0.15, -0.1) is 0 Å². The number of sulfonamides is 1. The average Bonchev–Trinajstić information content (AvgIpc) is 2.65. The fourth-order valence-electron chi connectivity index (χ4n) is 2.58. The Kier molecular flexibility index (Phi) is 8.43. The molecule has 152 valence electrons. The minimum atomic E-state index is -3.56. The second-order valence-electron chi connectivity index (χ2n) is 6.70. The summed E-state index contributed by atoms with van der Waals surface area (Å²) >= 11 is 0. The molecule has 0 fully saturated rings. The molecular formula is C19H30N2O5S. The molecule has 27 heavy (non-hydrogen) atoms. The second-order valence-corrected chi connectivity index (χ2v) is 8.86. The summed E-state index contributed by atoms with van der Waals surface area (Å²) in [5.41, 5.74) is 0.194. The lowest BCUT2D eigenvalue weighted by atomic mass is 10.1. The number of carbonyl (C=O) groups excluding carboxylic acids is 2. The third-order valence-electron chi connectivity index (χ3n) is 4.61. The smallest absolute Gasteiger partial charge is 0.338 e. The molecule has 1 aromatic carbocycles. The minimum Gasteiger partial charge on any atom is -0.452 e. The summed E-state index contributed by atoms with van der Waals surface area (Å²) < 4.78 is 30.3. The number of carbonyl (C=O) groups is 2. The van der Waals surface area contributed by atoms with Gasteiger partial charge in [-0.2, -0.15) is 0 Å². The lowest BCUT2D eigenvalue weighted by molar-refractivity contribution is -0.139. The molecule has 2 atom stereocenters. The third-order valence-corrected chi connectivity index (χ3v) is 6.44. The number of hydrogen-bond donors (Lipinski definition) is 0. The van der Waals surface area contributed by atoms with Gasteiger partial charge >= 0.3 is 5.97 Å². The van der Waals surface area contributed by atoms with Crippen molar-refractivity contribution >= 4 is 21.9 Å². The van der Waals surface area contributed by atoms with Crippen LogP contribution in [0.1, 0.15) is 50.9 Å². The van der Waals surface area contributed by atoms with E-state index in [2.05, 4.69) is 0 Å². The molecule has 0 saturated carbocycles. The van der Waals surface area contributed by atoms with Crippen LogP contribution in [0.4, 0.5) is 0 Å². The normalized spacial score (nSPS) is 13.9. The molecule has 0 saturated heterocycles. The third kappa shape index (κ3) is 5.77. The summed E-state index contributed by atoms with van der Waals surface area (Å²) in [7, 11) is -0.693. The van der Waals surface area contributed by atoms with Gasteiger partial charge in [0, 0.05) is 26.2 Å². The SMILES string of the molecule is CC[C@@H](C)N(C(=O)COC(=O)c1ccc(S(=O)(=O)N(C)C)cc1)[C@@H](C)CC. The van der Waals surface area contributed by atoms with Crippen molar-refractivity contribution in [3.05, 3.63) is 29.8 Å². The largest absolute Gasteiger partial charge is 0.452 e. The van der Waals surface area contributed by atoms with E-state index in [1.165, 1.54) is 38.4 Å². The van der Waals surface area contributed by atoms with Crippen molar-refractivity contribution in [1.29, 1.82) is 0 Å². The highest BCUT2D eigenvalue weighted by Gasteiger charge is 2.25. The molecule has 1 rings (SSSR count). The zero-order valence-corrected chi connectivity index (χ0v) is 17.7. The highest BCUT2D eigenvalue weighted by atomic mass is 32.2. The zero-order valence-electron chi connectivity index (χ0n) is 16.9. The van der Waals surface area contributed by atoms with Gasteiger partial charge in [-0.05, 0) is 51.0 Å². The van der Waals surface area contributed by atoms with Crippen molar-refractivity contribution in [2.24, 2.45) is 0 Å². The van der Waals surface area contributed by atoms with Crippen molar-refractivity contribution in [3.8, 4) is 0 Å². The Morgan fingerprint density at radius 1 is 1.00 bits per heavy atom. The van der Waals surface area contributed by atoms with Crippen LogP contribution in [0.3, 0.4) is 0 Å². The van der Waals surface area contributed by atoms with E-state index < -0.39 is 16.0 Å². The van der Waals surface area contributed by atoms with Crippen LogP contribution in [0.25, 0.3) is 0 Å². The second kappa shape index (κ2) is 9.85. The van der Waals surface area contributed by atoms with Crippen molar-refractivity contribution in [3.63, 3.8) is 0 Å². The highest BCUT2D eigenvalue weighted by Crippen LogP contribution is 2.15. The van der Waals surface area contributed by atoms with Crippen LogP contribution in [-0.4, -0.2) is 62.3 Å². The number of hydrogen-bond acceptors (Lipinski definition) is 5. The molecule has 0 unspecified atom stereocenters. The van der Waals surface area contributed by atoms with Crippen LogP contribution in [0.15, 0.2) is 29.2 Å². The fourth-order valence-corrected chi connectivity index (χ4v) is 3.48. The van der Waals surface area contributed by atoms with Gasteiger partial charge < -0.3 is 9.64 Å². The topological polar surface area (TPSA) is 84.0 Å². The molecule has 0 radical (unpaired) electrons. The number of nitrogens with zero attached hydrogens (tertiary/aromatic N) is 2. The number of ether oxygens (including phenoxy) is 1. The van der Waals surface area contributed by atoms with Crippen LogP contribution >= 0.6 is 0 Å². The quantitative estimate of drug-likeness (QED) is 0.597.